The third-order valence-electron chi connectivity index (χ3n) is 4.81. The lowest BCUT2D eigenvalue weighted by atomic mass is 10.1. The maximum Gasteiger partial charge on any atom is 0.416 e. The lowest BCUT2D eigenvalue weighted by molar-refractivity contribution is -0.139. The molecule has 1 N–H and O–H groups in total. The summed E-state index contributed by atoms with van der Waals surface area (Å²) in [5.74, 6) is -0.0532. The molecule has 0 aromatic heterocycles. The molecular formula is C19H26F3N3O4S. The van der Waals surface area contributed by atoms with E-state index >= 15 is 0 Å². The van der Waals surface area contributed by atoms with Crippen LogP contribution < -0.4 is 4.72 Å². The number of hydrogen-bond acceptors (Lipinski definition) is 4. The number of hydrogen-bond donors (Lipinski definition) is 1. The van der Waals surface area contributed by atoms with Gasteiger partial charge in [-0.2, -0.15) is 13.2 Å². The van der Waals surface area contributed by atoms with Crippen molar-refractivity contribution in [3.63, 3.8) is 0 Å². The molecule has 2 amide bonds. The van der Waals surface area contributed by atoms with E-state index in [4.69, 9.17) is 0 Å². The van der Waals surface area contributed by atoms with Crippen LogP contribution >= 0.6 is 0 Å². The van der Waals surface area contributed by atoms with E-state index in [9.17, 15) is 31.2 Å². The lowest BCUT2D eigenvalue weighted by Crippen LogP contribution is -2.52. The zero-order chi connectivity index (χ0) is 22.5. The number of alkyl halides is 3. The average molecular weight is 449 g/mol. The molecule has 1 aromatic carbocycles. The van der Waals surface area contributed by atoms with E-state index in [1.165, 1.54) is 4.90 Å². The van der Waals surface area contributed by atoms with Gasteiger partial charge in [0.1, 0.15) is 0 Å². The highest BCUT2D eigenvalue weighted by atomic mass is 32.2. The molecule has 0 atom stereocenters. The summed E-state index contributed by atoms with van der Waals surface area (Å²) in [4.78, 5) is 27.0. The van der Waals surface area contributed by atoms with Gasteiger partial charge in [-0.15, -0.1) is 0 Å². The second kappa shape index (κ2) is 9.78. The molecule has 1 fully saturated rings. The minimum Gasteiger partial charge on any atom is -0.339 e. The molecule has 1 saturated heterocycles. The quantitative estimate of drug-likeness (QED) is 0.691. The molecule has 30 heavy (non-hydrogen) atoms. The SMILES string of the molecule is CC(C)CCC(=O)N1CCN(C(=O)CNS(=O)(=O)c2cccc(C(F)(F)F)c2)CC1. The highest BCUT2D eigenvalue weighted by molar-refractivity contribution is 7.89. The molecule has 0 saturated carbocycles. The standard InChI is InChI=1S/C19H26F3N3O4S/c1-14(2)6-7-17(26)24-8-10-25(11-9-24)18(27)13-23-30(28,29)16-5-3-4-15(12-16)19(20,21)22/h3-5,12,14,23H,6-11,13H2,1-2H3. The predicted octanol–water partition coefficient (Wildman–Crippen LogP) is 2.09. The number of piperazine rings is 1. The van der Waals surface area contributed by atoms with Gasteiger partial charge in [-0.25, -0.2) is 13.1 Å². The summed E-state index contributed by atoms with van der Waals surface area (Å²) in [6.45, 7) is 4.77. The summed E-state index contributed by atoms with van der Waals surface area (Å²) in [7, 11) is -4.28. The molecule has 0 unspecified atom stereocenters. The molecule has 1 heterocycles. The Balaban J connectivity index is 1.88. The first-order valence-electron chi connectivity index (χ1n) is 9.62. The van der Waals surface area contributed by atoms with E-state index in [1.807, 2.05) is 13.8 Å². The van der Waals surface area contributed by atoms with Gasteiger partial charge < -0.3 is 9.80 Å². The Morgan fingerprint density at radius 2 is 1.63 bits per heavy atom. The van der Waals surface area contributed by atoms with Crippen LogP contribution in [0.2, 0.25) is 0 Å². The average Bonchev–Trinajstić information content (AvgIpc) is 2.70. The summed E-state index contributed by atoms with van der Waals surface area (Å²) in [5.41, 5.74) is -1.09. The number of sulfonamides is 1. The van der Waals surface area contributed by atoms with Gasteiger partial charge in [-0.3, -0.25) is 9.59 Å². The van der Waals surface area contributed by atoms with Gasteiger partial charge in [-0.05, 0) is 30.5 Å². The Morgan fingerprint density at radius 1 is 1.07 bits per heavy atom. The third-order valence-corrected chi connectivity index (χ3v) is 6.20. The molecule has 7 nitrogen and oxygen atoms in total. The number of carbonyl (C=O) groups excluding carboxylic acids is 2. The Morgan fingerprint density at radius 3 is 2.17 bits per heavy atom. The van der Waals surface area contributed by atoms with Crippen molar-refractivity contribution in [1.82, 2.24) is 14.5 Å². The van der Waals surface area contributed by atoms with Crippen LogP contribution in [0.25, 0.3) is 0 Å². The summed E-state index contributed by atoms with van der Waals surface area (Å²) in [5, 5.41) is 0. The maximum absolute atomic E-state index is 12.8. The fourth-order valence-corrected chi connectivity index (χ4v) is 3.99. The molecule has 168 valence electrons. The second-order valence-electron chi connectivity index (χ2n) is 7.54. The number of nitrogens with one attached hydrogen (secondary N) is 1. The van der Waals surface area contributed by atoms with Gasteiger partial charge in [0.05, 0.1) is 17.0 Å². The molecule has 1 aliphatic heterocycles. The van der Waals surface area contributed by atoms with Gasteiger partial charge in [0.15, 0.2) is 0 Å². The summed E-state index contributed by atoms with van der Waals surface area (Å²) in [6.07, 6.45) is -3.44. The Labute approximate surface area is 174 Å². The summed E-state index contributed by atoms with van der Waals surface area (Å²) < 4.78 is 64.9. The van der Waals surface area contributed by atoms with Crippen molar-refractivity contribution in [2.75, 3.05) is 32.7 Å². The van der Waals surface area contributed by atoms with E-state index in [2.05, 4.69) is 4.72 Å². The van der Waals surface area contributed by atoms with Crippen LogP contribution in [0.15, 0.2) is 29.2 Å². The van der Waals surface area contributed by atoms with Gasteiger partial charge >= 0.3 is 6.18 Å². The minimum absolute atomic E-state index is 0.0287. The van der Waals surface area contributed by atoms with Crippen LogP contribution in [-0.4, -0.2) is 62.8 Å². The van der Waals surface area contributed by atoms with Crippen LogP contribution in [0.4, 0.5) is 13.2 Å². The number of carbonyl (C=O) groups is 2. The van der Waals surface area contributed by atoms with Crippen molar-refractivity contribution in [2.45, 2.75) is 37.8 Å². The zero-order valence-electron chi connectivity index (χ0n) is 16.9. The molecule has 11 heteroatoms. The maximum atomic E-state index is 12.8. The highest BCUT2D eigenvalue weighted by Gasteiger charge is 2.32. The highest BCUT2D eigenvalue weighted by Crippen LogP contribution is 2.30. The number of nitrogens with zero attached hydrogens (tertiary/aromatic N) is 2. The Bertz CT molecular complexity index is 864. The first kappa shape index (κ1) is 24.1. The smallest absolute Gasteiger partial charge is 0.339 e. The molecule has 0 bridgehead atoms. The second-order valence-corrected chi connectivity index (χ2v) is 9.31. The van der Waals surface area contributed by atoms with Crippen LogP contribution in [0.5, 0.6) is 0 Å². The number of benzene rings is 1. The number of rotatable bonds is 7. The van der Waals surface area contributed by atoms with Crippen LogP contribution in [0, 0.1) is 5.92 Å². The van der Waals surface area contributed by atoms with Crippen LogP contribution in [0.1, 0.15) is 32.3 Å². The number of halogens is 3. The van der Waals surface area contributed by atoms with E-state index in [0.717, 1.165) is 24.6 Å². The fourth-order valence-electron chi connectivity index (χ4n) is 2.97. The first-order chi connectivity index (χ1) is 13.9. The third kappa shape index (κ3) is 6.69. The van der Waals surface area contributed by atoms with E-state index in [0.29, 0.717) is 31.5 Å². The molecule has 1 aliphatic rings. The van der Waals surface area contributed by atoms with Crippen molar-refractivity contribution in [1.29, 1.82) is 0 Å². The van der Waals surface area contributed by atoms with Crippen LogP contribution in [0.3, 0.4) is 0 Å². The molecule has 1 aromatic rings. The van der Waals surface area contributed by atoms with Gasteiger partial charge in [0, 0.05) is 32.6 Å². The Hall–Kier alpha value is -2.14. The summed E-state index contributed by atoms with van der Waals surface area (Å²) in [6, 6.07) is 3.32. The van der Waals surface area contributed by atoms with Crippen molar-refractivity contribution < 1.29 is 31.2 Å². The largest absolute Gasteiger partial charge is 0.416 e. The summed E-state index contributed by atoms with van der Waals surface area (Å²) >= 11 is 0. The molecule has 0 aliphatic carbocycles. The van der Waals surface area contributed by atoms with Gasteiger partial charge in [0.25, 0.3) is 0 Å². The fraction of sp³-hybridized carbons (Fsp3) is 0.579. The monoisotopic (exact) mass is 449 g/mol. The molecule has 0 spiro atoms. The van der Waals surface area contributed by atoms with E-state index in [1.54, 1.807) is 4.90 Å². The Kier molecular flexibility index (Phi) is 7.87. The molecular weight excluding hydrogens is 423 g/mol. The van der Waals surface area contributed by atoms with E-state index in [-0.39, 0.29) is 19.0 Å². The topological polar surface area (TPSA) is 86.8 Å². The number of amides is 2. The van der Waals surface area contributed by atoms with Gasteiger partial charge in [-0.1, -0.05) is 19.9 Å². The molecule has 2 rings (SSSR count). The molecule has 0 radical (unpaired) electrons. The normalized spacial score (nSPS) is 15.5. The van der Waals surface area contributed by atoms with Crippen molar-refractivity contribution in [3.05, 3.63) is 29.8 Å². The van der Waals surface area contributed by atoms with Crippen molar-refractivity contribution >= 4 is 21.8 Å². The lowest BCUT2D eigenvalue weighted by Gasteiger charge is -2.35. The van der Waals surface area contributed by atoms with Crippen molar-refractivity contribution in [2.24, 2.45) is 5.92 Å². The zero-order valence-corrected chi connectivity index (χ0v) is 17.7. The van der Waals surface area contributed by atoms with Crippen molar-refractivity contribution in [3.8, 4) is 0 Å². The van der Waals surface area contributed by atoms with Gasteiger partial charge in [0.2, 0.25) is 21.8 Å². The minimum atomic E-state index is -4.67. The first-order valence-corrected chi connectivity index (χ1v) is 11.1. The van der Waals surface area contributed by atoms with E-state index < -0.39 is 39.1 Å². The predicted molar refractivity (Wildman–Crippen MR) is 104 cm³/mol. The van der Waals surface area contributed by atoms with Crippen LogP contribution in [-0.2, 0) is 25.8 Å².